The third-order valence-electron chi connectivity index (χ3n) is 5.42. The molecule has 6 nitrogen and oxygen atoms in total. The number of ketones is 1. The average molecular weight is 509 g/mol. The van der Waals surface area contributed by atoms with E-state index in [1.807, 2.05) is 47.6 Å². The topological polar surface area (TPSA) is 78.9 Å². The van der Waals surface area contributed by atoms with Crippen LogP contribution in [0.15, 0.2) is 42.5 Å². The first kappa shape index (κ1) is 29.8. The van der Waals surface area contributed by atoms with Crippen molar-refractivity contribution in [2.45, 2.75) is 74.7 Å². The molecule has 0 aromatic heterocycles. The van der Waals surface area contributed by atoms with Crippen LogP contribution in [0.2, 0.25) is 0 Å². The highest BCUT2D eigenvalue weighted by Crippen LogP contribution is 2.36. The Hall–Kier alpha value is -3.41. The van der Waals surface area contributed by atoms with Crippen molar-refractivity contribution in [3.63, 3.8) is 0 Å². The Kier molecular flexibility index (Phi) is 9.85. The predicted molar refractivity (Wildman–Crippen MR) is 146 cm³/mol. The molecule has 37 heavy (non-hydrogen) atoms. The molecule has 0 saturated carbocycles. The van der Waals surface area contributed by atoms with Crippen LogP contribution in [0.4, 0.5) is 0 Å². The van der Waals surface area contributed by atoms with Crippen molar-refractivity contribution in [1.29, 1.82) is 0 Å². The van der Waals surface area contributed by atoms with Crippen LogP contribution in [0.3, 0.4) is 0 Å². The SMILES string of the molecule is CCCOc1cc(OC(=O)C(C)(C)C)c(C(C)C)cc1/C=C/C(=O)c1ccc(OC(=O)C(C)(C)C)cc1. The largest absolute Gasteiger partial charge is 0.493 e. The van der Waals surface area contributed by atoms with Gasteiger partial charge in [0.05, 0.1) is 17.4 Å². The molecule has 0 atom stereocenters. The van der Waals surface area contributed by atoms with Crippen LogP contribution in [0.5, 0.6) is 17.2 Å². The number of esters is 2. The van der Waals surface area contributed by atoms with Gasteiger partial charge in [0.15, 0.2) is 5.78 Å². The molecule has 200 valence electrons. The van der Waals surface area contributed by atoms with Gasteiger partial charge in [0, 0.05) is 17.2 Å². The fourth-order valence-electron chi connectivity index (χ4n) is 3.06. The van der Waals surface area contributed by atoms with Crippen molar-refractivity contribution in [2.24, 2.45) is 10.8 Å². The van der Waals surface area contributed by atoms with Gasteiger partial charge >= 0.3 is 11.9 Å². The molecule has 0 unspecified atom stereocenters. The van der Waals surface area contributed by atoms with Crippen LogP contribution in [0.1, 0.15) is 96.1 Å². The number of carbonyl (C=O) groups excluding carboxylic acids is 3. The first-order valence-corrected chi connectivity index (χ1v) is 12.7. The van der Waals surface area contributed by atoms with Gasteiger partial charge in [-0.05, 0) is 102 Å². The molecule has 0 aliphatic carbocycles. The Balaban J connectivity index is 2.34. The second-order valence-electron chi connectivity index (χ2n) is 11.4. The molecule has 0 amide bonds. The summed E-state index contributed by atoms with van der Waals surface area (Å²) in [6, 6.07) is 10.1. The number of benzene rings is 2. The molecule has 0 spiro atoms. The Labute approximate surface area is 221 Å². The maximum absolute atomic E-state index is 12.9. The van der Waals surface area contributed by atoms with E-state index in [1.165, 1.54) is 6.08 Å². The molecule has 0 aliphatic heterocycles. The van der Waals surface area contributed by atoms with Crippen molar-refractivity contribution < 1.29 is 28.6 Å². The predicted octanol–water partition coefficient (Wildman–Crippen LogP) is 7.40. The average Bonchev–Trinajstić information content (AvgIpc) is 2.80. The Morgan fingerprint density at radius 3 is 1.92 bits per heavy atom. The minimum atomic E-state index is -0.649. The standard InChI is InChI=1S/C31H40O6/c1-10-17-35-26-19-27(37-29(34)31(7,8)9)24(20(2)3)18-22(26)13-16-25(32)21-11-14-23(15-12-21)36-28(33)30(4,5)6/h11-16,18-20H,10,17H2,1-9H3/b16-13+. The Morgan fingerprint density at radius 1 is 0.838 bits per heavy atom. The van der Waals surface area contributed by atoms with Gasteiger partial charge < -0.3 is 14.2 Å². The minimum absolute atomic E-state index is 0.0780. The van der Waals surface area contributed by atoms with E-state index in [-0.39, 0.29) is 23.6 Å². The van der Waals surface area contributed by atoms with Gasteiger partial charge in [-0.3, -0.25) is 14.4 Å². The molecule has 0 aliphatic rings. The van der Waals surface area contributed by atoms with E-state index in [0.29, 0.717) is 29.4 Å². The van der Waals surface area contributed by atoms with Crippen molar-refractivity contribution in [3.05, 3.63) is 59.2 Å². The summed E-state index contributed by atoms with van der Waals surface area (Å²) < 4.78 is 17.1. The molecule has 6 heteroatoms. The lowest BCUT2D eigenvalue weighted by Gasteiger charge is -2.21. The normalized spacial score (nSPS) is 12.1. The summed E-state index contributed by atoms with van der Waals surface area (Å²) in [5.74, 6) is 0.590. The third-order valence-corrected chi connectivity index (χ3v) is 5.42. The number of hydrogen-bond acceptors (Lipinski definition) is 6. The van der Waals surface area contributed by atoms with Gasteiger partial charge in [0.2, 0.25) is 0 Å². The smallest absolute Gasteiger partial charge is 0.316 e. The molecule has 0 radical (unpaired) electrons. The lowest BCUT2D eigenvalue weighted by Crippen LogP contribution is -2.26. The third kappa shape index (κ3) is 8.59. The maximum Gasteiger partial charge on any atom is 0.316 e. The Bertz CT molecular complexity index is 1140. The molecular formula is C31H40O6. The maximum atomic E-state index is 12.9. The summed E-state index contributed by atoms with van der Waals surface area (Å²) >= 11 is 0. The first-order chi connectivity index (χ1) is 17.1. The summed E-state index contributed by atoms with van der Waals surface area (Å²) in [6.45, 7) is 17.3. The zero-order chi connectivity index (χ0) is 28.0. The van der Waals surface area contributed by atoms with Crippen molar-refractivity contribution >= 4 is 23.8 Å². The van der Waals surface area contributed by atoms with Crippen molar-refractivity contribution in [3.8, 4) is 17.2 Å². The van der Waals surface area contributed by atoms with Gasteiger partial charge in [-0.1, -0.05) is 20.8 Å². The van der Waals surface area contributed by atoms with Crippen LogP contribution in [-0.4, -0.2) is 24.3 Å². The van der Waals surface area contributed by atoms with Gasteiger partial charge in [-0.2, -0.15) is 0 Å². The zero-order valence-electron chi connectivity index (χ0n) is 23.6. The van der Waals surface area contributed by atoms with E-state index in [1.54, 1.807) is 57.2 Å². The van der Waals surface area contributed by atoms with Gasteiger partial charge in [0.25, 0.3) is 0 Å². The summed E-state index contributed by atoms with van der Waals surface area (Å²) in [4.78, 5) is 37.5. The fraction of sp³-hybridized carbons (Fsp3) is 0.452. The van der Waals surface area contributed by atoms with Crippen LogP contribution in [-0.2, 0) is 9.59 Å². The number of rotatable bonds is 9. The summed E-state index contributed by atoms with van der Waals surface area (Å²) in [5.41, 5.74) is 0.757. The molecule has 2 aromatic carbocycles. The van der Waals surface area contributed by atoms with Crippen LogP contribution >= 0.6 is 0 Å². The van der Waals surface area contributed by atoms with E-state index < -0.39 is 10.8 Å². The zero-order valence-corrected chi connectivity index (χ0v) is 23.6. The summed E-state index contributed by atoms with van der Waals surface area (Å²) in [6.07, 6.45) is 3.99. The second kappa shape index (κ2) is 12.2. The Morgan fingerprint density at radius 2 is 1.41 bits per heavy atom. The van der Waals surface area contributed by atoms with Gasteiger partial charge in [0.1, 0.15) is 17.2 Å². The van der Waals surface area contributed by atoms with Crippen LogP contribution in [0, 0.1) is 10.8 Å². The van der Waals surface area contributed by atoms with E-state index in [2.05, 4.69) is 0 Å². The molecule has 0 heterocycles. The number of ether oxygens (including phenoxy) is 3. The fourth-order valence-corrected chi connectivity index (χ4v) is 3.06. The monoisotopic (exact) mass is 508 g/mol. The number of allylic oxidation sites excluding steroid dienone is 1. The van der Waals surface area contributed by atoms with E-state index in [4.69, 9.17) is 14.2 Å². The molecule has 0 bridgehead atoms. The molecule has 2 rings (SSSR count). The highest BCUT2D eigenvalue weighted by Gasteiger charge is 2.26. The summed E-state index contributed by atoms with van der Waals surface area (Å²) in [5, 5.41) is 0. The minimum Gasteiger partial charge on any atom is -0.493 e. The first-order valence-electron chi connectivity index (χ1n) is 12.7. The van der Waals surface area contributed by atoms with Gasteiger partial charge in [-0.15, -0.1) is 0 Å². The van der Waals surface area contributed by atoms with E-state index in [0.717, 1.165) is 17.5 Å². The van der Waals surface area contributed by atoms with Crippen LogP contribution in [0.25, 0.3) is 6.08 Å². The highest BCUT2D eigenvalue weighted by molar-refractivity contribution is 6.07. The molecule has 0 fully saturated rings. The lowest BCUT2D eigenvalue weighted by molar-refractivity contribution is -0.143. The van der Waals surface area contributed by atoms with Crippen molar-refractivity contribution in [1.82, 2.24) is 0 Å². The summed E-state index contributed by atoms with van der Waals surface area (Å²) in [7, 11) is 0. The number of carbonyl (C=O) groups is 3. The molecular weight excluding hydrogens is 468 g/mol. The highest BCUT2D eigenvalue weighted by atomic mass is 16.5. The quantitative estimate of drug-likeness (QED) is 0.152. The molecule has 2 aromatic rings. The van der Waals surface area contributed by atoms with E-state index >= 15 is 0 Å². The van der Waals surface area contributed by atoms with Crippen molar-refractivity contribution in [2.75, 3.05) is 6.61 Å². The van der Waals surface area contributed by atoms with Gasteiger partial charge in [-0.25, -0.2) is 0 Å². The molecule has 0 N–H and O–H groups in total. The molecule has 0 saturated heterocycles. The number of hydrogen-bond donors (Lipinski definition) is 0. The van der Waals surface area contributed by atoms with Crippen LogP contribution < -0.4 is 14.2 Å². The lowest BCUT2D eigenvalue weighted by atomic mass is 9.96. The van der Waals surface area contributed by atoms with E-state index in [9.17, 15) is 14.4 Å². The second-order valence-corrected chi connectivity index (χ2v) is 11.4.